The normalized spacial score (nSPS) is 10.1. The van der Waals surface area contributed by atoms with Gasteiger partial charge in [-0.15, -0.1) is 0 Å². The monoisotopic (exact) mass is 265 g/mol. The van der Waals surface area contributed by atoms with Crippen molar-refractivity contribution in [3.8, 4) is 0 Å². The van der Waals surface area contributed by atoms with Gasteiger partial charge in [0.25, 0.3) is 0 Å². The second kappa shape index (κ2) is 7.56. The molecule has 0 radical (unpaired) electrons. The molecule has 0 aliphatic rings. The van der Waals surface area contributed by atoms with Gasteiger partial charge in [-0.3, -0.25) is 4.79 Å². The van der Waals surface area contributed by atoms with Crippen LogP contribution in [0, 0.1) is 0 Å². The zero-order chi connectivity index (χ0) is 14.3. The van der Waals surface area contributed by atoms with E-state index in [-0.39, 0.29) is 12.5 Å². The summed E-state index contributed by atoms with van der Waals surface area (Å²) in [5, 5.41) is 6.16. The van der Waals surface area contributed by atoms with Crippen LogP contribution in [0.15, 0.2) is 6.33 Å². The first kappa shape index (κ1) is 15.2. The van der Waals surface area contributed by atoms with Crippen LogP contribution >= 0.6 is 0 Å². The zero-order valence-electron chi connectivity index (χ0n) is 12.2. The molecule has 1 aromatic rings. The molecule has 1 aromatic heterocycles. The number of anilines is 2. The van der Waals surface area contributed by atoms with Crippen molar-refractivity contribution in [3.05, 3.63) is 11.9 Å². The van der Waals surface area contributed by atoms with Gasteiger partial charge in [0, 0.05) is 26.2 Å². The van der Waals surface area contributed by atoms with E-state index in [2.05, 4.69) is 27.5 Å². The third kappa shape index (κ3) is 4.08. The second-order valence-electron chi connectivity index (χ2n) is 4.31. The molecular formula is C13H23N5O. The Labute approximate surface area is 114 Å². The predicted octanol–water partition coefficient (Wildman–Crippen LogP) is 1.36. The van der Waals surface area contributed by atoms with Gasteiger partial charge in [0.15, 0.2) is 0 Å². The van der Waals surface area contributed by atoms with Gasteiger partial charge in [-0.1, -0.05) is 13.3 Å². The molecule has 6 nitrogen and oxygen atoms in total. The number of aromatic nitrogens is 2. The molecule has 2 N–H and O–H groups in total. The second-order valence-corrected chi connectivity index (χ2v) is 4.31. The lowest BCUT2D eigenvalue weighted by atomic mass is 10.1. The number of rotatable bonds is 7. The minimum atomic E-state index is 0.0505. The maximum Gasteiger partial charge on any atom is 0.241 e. The van der Waals surface area contributed by atoms with Crippen LogP contribution in [-0.2, 0) is 11.2 Å². The summed E-state index contributed by atoms with van der Waals surface area (Å²) in [6.45, 7) is 5.01. The van der Waals surface area contributed by atoms with E-state index in [1.165, 1.54) is 6.33 Å². The van der Waals surface area contributed by atoms with E-state index in [1.54, 1.807) is 11.9 Å². The van der Waals surface area contributed by atoms with Gasteiger partial charge >= 0.3 is 0 Å². The molecular weight excluding hydrogens is 242 g/mol. The number of amides is 1. The lowest BCUT2D eigenvalue weighted by molar-refractivity contribution is -0.127. The number of carbonyl (C=O) groups excluding carboxylic acids is 1. The maximum atomic E-state index is 11.8. The molecule has 0 aromatic carbocycles. The van der Waals surface area contributed by atoms with Crippen LogP contribution in [0.2, 0.25) is 0 Å². The summed E-state index contributed by atoms with van der Waals surface area (Å²) in [4.78, 5) is 21.9. The first-order valence-electron chi connectivity index (χ1n) is 6.63. The fourth-order valence-electron chi connectivity index (χ4n) is 1.74. The predicted molar refractivity (Wildman–Crippen MR) is 77.4 cm³/mol. The number of nitrogens with zero attached hydrogens (tertiary/aromatic N) is 3. The Hall–Kier alpha value is -1.85. The molecule has 0 aliphatic carbocycles. The number of hydrogen-bond acceptors (Lipinski definition) is 5. The molecule has 0 bridgehead atoms. The van der Waals surface area contributed by atoms with Gasteiger partial charge in [0.05, 0.1) is 6.54 Å². The molecule has 1 heterocycles. The zero-order valence-corrected chi connectivity index (χ0v) is 12.2. The fourth-order valence-corrected chi connectivity index (χ4v) is 1.74. The van der Waals surface area contributed by atoms with Crippen molar-refractivity contribution in [1.29, 1.82) is 0 Å². The Kier molecular flexibility index (Phi) is 6.05. The Morgan fingerprint density at radius 1 is 1.32 bits per heavy atom. The van der Waals surface area contributed by atoms with Crippen LogP contribution in [0.4, 0.5) is 11.6 Å². The number of hydrogen-bond donors (Lipinski definition) is 2. The quantitative estimate of drug-likeness (QED) is 0.779. The number of carbonyl (C=O) groups is 1. The first-order valence-corrected chi connectivity index (χ1v) is 6.63. The lowest BCUT2D eigenvalue weighted by Crippen LogP contribution is -2.32. The molecule has 0 fully saturated rings. The van der Waals surface area contributed by atoms with Crippen molar-refractivity contribution in [1.82, 2.24) is 14.9 Å². The van der Waals surface area contributed by atoms with E-state index in [1.807, 2.05) is 14.0 Å². The van der Waals surface area contributed by atoms with Crippen molar-refractivity contribution in [2.24, 2.45) is 0 Å². The van der Waals surface area contributed by atoms with Crippen molar-refractivity contribution in [2.45, 2.75) is 26.7 Å². The summed E-state index contributed by atoms with van der Waals surface area (Å²) in [6.07, 6.45) is 3.37. The van der Waals surface area contributed by atoms with Crippen LogP contribution in [-0.4, -0.2) is 48.0 Å². The SMILES string of the molecule is CCCc1c(NC)ncnc1NCC(=O)N(C)CC. The molecule has 0 saturated heterocycles. The Morgan fingerprint density at radius 2 is 2.00 bits per heavy atom. The average Bonchev–Trinajstić information content (AvgIpc) is 2.44. The summed E-state index contributed by atoms with van der Waals surface area (Å²) >= 11 is 0. The molecule has 1 amide bonds. The molecule has 1 rings (SSSR count). The van der Waals surface area contributed by atoms with E-state index in [0.29, 0.717) is 6.54 Å². The minimum Gasteiger partial charge on any atom is -0.373 e. The molecule has 0 unspecified atom stereocenters. The highest BCUT2D eigenvalue weighted by molar-refractivity contribution is 5.80. The molecule has 0 aliphatic heterocycles. The molecule has 0 saturated carbocycles. The summed E-state index contributed by atoms with van der Waals surface area (Å²) in [6, 6.07) is 0. The molecule has 106 valence electrons. The van der Waals surface area contributed by atoms with Gasteiger partial charge < -0.3 is 15.5 Å². The van der Waals surface area contributed by atoms with Crippen molar-refractivity contribution in [3.63, 3.8) is 0 Å². The molecule has 0 spiro atoms. The summed E-state index contributed by atoms with van der Waals surface area (Å²) < 4.78 is 0. The minimum absolute atomic E-state index is 0.0505. The summed E-state index contributed by atoms with van der Waals surface area (Å²) in [7, 11) is 3.62. The van der Waals surface area contributed by atoms with Gasteiger partial charge in [-0.2, -0.15) is 0 Å². The summed E-state index contributed by atoms with van der Waals surface area (Å²) in [5.41, 5.74) is 1.03. The fraction of sp³-hybridized carbons (Fsp3) is 0.615. The van der Waals surface area contributed by atoms with Crippen molar-refractivity contribution in [2.75, 3.05) is 37.8 Å². The van der Waals surface area contributed by atoms with Crippen molar-refractivity contribution >= 4 is 17.5 Å². The maximum absolute atomic E-state index is 11.8. The third-order valence-electron chi connectivity index (χ3n) is 2.99. The van der Waals surface area contributed by atoms with E-state index in [4.69, 9.17) is 0 Å². The highest BCUT2D eigenvalue weighted by atomic mass is 16.2. The van der Waals surface area contributed by atoms with Gasteiger partial charge in [0.2, 0.25) is 5.91 Å². The van der Waals surface area contributed by atoms with Gasteiger partial charge in [-0.05, 0) is 13.3 Å². The molecule has 0 atom stereocenters. The van der Waals surface area contributed by atoms with Gasteiger partial charge in [-0.25, -0.2) is 9.97 Å². The Balaban J connectivity index is 2.80. The Morgan fingerprint density at radius 3 is 2.58 bits per heavy atom. The van der Waals surface area contributed by atoms with Crippen LogP contribution in [0.1, 0.15) is 25.8 Å². The molecule has 6 heteroatoms. The smallest absolute Gasteiger partial charge is 0.241 e. The van der Waals surface area contributed by atoms with Crippen LogP contribution in [0.3, 0.4) is 0 Å². The highest BCUT2D eigenvalue weighted by Gasteiger charge is 2.12. The number of nitrogens with one attached hydrogen (secondary N) is 2. The average molecular weight is 265 g/mol. The third-order valence-corrected chi connectivity index (χ3v) is 2.99. The van der Waals surface area contributed by atoms with E-state index >= 15 is 0 Å². The first-order chi connectivity index (χ1) is 9.13. The van der Waals surface area contributed by atoms with Crippen LogP contribution < -0.4 is 10.6 Å². The van der Waals surface area contributed by atoms with Crippen molar-refractivity contribution < 1.29 is 4.79 Å². The standard InChI is InChI=1S/C13H23N5O/c1-5-7-10-12(14-3)16-9-17-13(10)15-8-11(19)18(4)6-2/h9H,5-8H2,1-4H3,(H2,14,15,16,17). The van der Waals surface area contributed by atoms with E-state index < -0.39 is 0 Å². The van der Waals surface area contributed by atoms with Crippen LogP contribution in [0.5, 0.6) is 0 Å². The summed E-state index contributed by atoms with van der Waals surface area (Å²) in [5.74, 6) is 1.60. The number of likely N-dealkylation sites (N-methyl/N-ethyl adjacent to an activating group) is 1. The van der Waals surface area contributed by atoms with Crippen LogP contribution in [0.25, 0.3) is 0 Å². The topological polar surface area (TPSA) is 70.1 Å². The Bertz CT molecular complexity index is 421. The molecule has 19 heavy (non-hydrogen) atoms. The highest BCUT2D eigenvalue weighted by Crippen LogP contribution is 2.20. The largest absolute Gasteiger partial charge is 0.373 e. The van der Waals surface area contributed by atoms with Gasteiger partial charge in [0.1, 0.15) is 18.0 Å². The van der Waals surface area contributed by atoms with E-state index in [9.17, 15) is 4.79 Å². The lowest BCUT2D eigenvalue weighted by Gasteiger charge is -2.17. The van der Waals surface area contributed by atoms with E-state index in [0.717, 1.165) is 30.0 Å².